The van der Waals surface area contributed by atoms with Gasteiger partial charge in [0.1, 0.15) is 0 Å². The van der Waals surface area contributed by atoms with Crippen LogP contribution in [0, 0.1) is 0 Å². The fourth-order valence-corrected chi connectivity index (χ4v) is 6.55. The van der Waals surface area contributed by atoms with Crippen molar-refractivity contribution < 1.29 is 123 Å². The molecule has 8 heteroatoms. The van der Waals surface area contributed by atoms with E-state index >= 15 is 0 Å². The third-order valence-corrected chi connectivity index (χ3v) is 8.13. The van der Waals surface area contributed by atoms with E-state index in [4.69, 9.17) is 0 Å². The minimum atomic E-state index is -1.06. The second-order valence-electron chi connectivity index (χ2n) is 8.09. The molecule has 0 saturated heterocycles. The minimum absolute atomic E-state index is 0. The zero-order valence-electron chi connectivity index (χ0n) is 20.2. The molecule has 0 atom stereocenters. The van der Waals surface area contributed by atoms with Gasteiger partial charge in [0.2, 0.25) is 0 Å². The van der Waals surface area contributed by atoms with Crippen molar-refractivity contribution in [1.82, 2.24) is 0 Å². The molecule has 5 aromatic carbocycles. The van der Waals surface area contributed by atoms with Crippen molar-refractivity contribution in [3.63, 3.8) is 0 Å². The average molecular weight is 563 g/mol. The first-order valence-corrected chi connectivity index (χ1v) is 12.9. The molecular formula is C28H20K2O4S2. The van der Waals surface area contributed by atoms with Crippen molar-refractivity contribution in [3.05, 3.63) is 72.8 Å². The van der Waals surface area contributed by atoms with Crippen LogP contribution in [0.5, 0.6) is 0 Å². The number of thioether (sulfide) groups is 2. The number of aliphatic carboxylic acids is 2. The van der Waals surface area contributed by atoms with Gasteiger partial charge in [-0.1, -0.05) is 48.5 Å². The number of carboxylic acids is 2. The van der Waals surface area contributed by atoms with Crippen molar-refractivity contribution in [2.45, 2.75) is 22.6 Å². The molecule has 5 aromatic rings. The summed E-state index contributed by atoms with van der Waals surface area (Å²) < 4.78 is 0. The molecule has 5 rings (SSSR count). The van der Waals surface area contributed by atoms with Crippen LogP contribution in [-0.2, 0) is 9.59 Å². The number of hydrogen-bond acceptors (Lipinski definition) is 6. The summed E-state index contributed by atoms with van der Waals surface area (Å²) in [6.45, 7) is 0. The van der Waals surface area contributed by atoms with Gasteiger partial charge in [0.05, 0.1) is 0 Å². The quantitative estimate of drug-likeness (QED) is 0.134. The van der Waals surface area contributed by atoms with Gasteiger partial charge in [0, 0.05) is 33.2 Å². The number of fused-ring (bicyclic) bond motifs is 4. The maximum atomic E-state index is 11.1. The van der Waals surface area contributed by atoms with Gasteiger partial charge in [-0.2, -0.15) is 0 Å². The van der Waals surface area contributed by atoms with E-state index in [1.165, 1.54) is 23.5 Å². The fourth-order valence-electron chi connectivity index (χ4n) is 4.31. The van der Waals surface area contributed by atoms with E-state index in [2.05, 4.69) is 48.5 Å². The van der Waals surface area contributed by atoms with Crippen LogP contribution in [0.3, 0.4) is 0 Å². The predicted octanol–water partition coefficient (Wildman–Crippen LogP) is -1.23. The first-order valence-electron chi connectivity index (χ1n) is 11.0. The smallest absolute Gasteiger partial charge is 0.550 e. The molecule has 170 valence electrons. The molecule has 0 saturated carbocycles. The summed E-state index contributed by atoms with van der Waals surface area (Å²) in [5, 5.41) is 30.8. The van der Waals surface area contributed by atoms with Gasteiger partial charge in [0.25, 0.3) is 0 Å². The molecule has 0 unspecified atom stereocenters. The van der Waals surface area contributed by atoms with Crippen LogP contribution in [0.25, 0.3) is 43.1 Å². The molecule has 36 heavy (non-hydrogen) atoms. The summed E-state index contributed by atoms with van der Waals surface area (Å²) in [4.78, 5) is 24.3. The Morgan fingerprint density at radius 1 is 0.556 bits per heavy atom. The van der Waals surface area contributed by atoms with Gasteiger partial charge in [-0.15, -0.1) is 23.5 Å². The molecule has 0 aliphatic carbocycles. The van der Waals surface area contributed by atoms with E-state index in [-0.39, 0.29) is 116 Å². The normalized spacial score (nSPS) is 10.9. The van der Waals surface area contributed by atoms with Crippen LogP contribution in [0.4, 0.5) is 0 Å². The summed E-state index contributed by atoms with van der Waals surface area (Å²) in [6.07, 6.45) is -0.0616. The van der Waals surface area contributed by atoms with Gasteiger partial charge in [0.15, 0.2) is 0 Å². The van der Waals surface area contributed by atoms with Gasteiger partial charge >= 0.3 is 103 Å². The summed E-state index contributed by atoms with van der Waals surface area (Å²) in [6, 6.07) is 24.9. The van der Waals surface area contributed by atoms with Gasteiger partial charge in [-0.05, 0) is 80.2 Å². The monoisotopic (exact) mass is 562 g/mol. The Morgan fingerprint density at radius 3 is 1.08 bits per heavy atom. The molecule has 0 spiro atoms. The molecule has 0 amide bonds. The molecule has 0 heterocycles. The number of carboxylic acid groups (broad SMARTS) is 2. The first-order chi connectivity index (χ1) is 16.5. The summed E-state index contributed by atoms with van der Waals surface area (Å²) >= 11 is 3.06. The van der Waals surface area contributed by atoms with Gasteiger partial charge < -0.3 is 19.8 Å². The third-order valence-electron chi connectivity index (χ3n) is 5.86. The molecule has 0 N–H and O–H groups in total. The van der Waals surface area contributed by atoms with Gasteiger partial charge in [-0.25, -0.2) is 0 Å². The first kappa shape index (κ1) is 30.6. The van der Waals surface area contributed by atoms with Crippen LogP contribution in [-0.4, -0.2) is 23.4 Å². The second kappa shape index (κ2) is 13.9. The van der Waals surface area contributed by atoms with E-state index in [0.29, 0.717) is 11.5 Å². The number of rotatable bonds is 8. The Morgan fingerprint density at radius 2 is 0.833 bits per heavy atom. The molecule has 0 aliphatic rings. The maximum Gasteiger partial charge on any atom is 1.00 e. The van der Waals surface area contributed by atoms with Crippen molar-refractivity contribution in [1.29, 1.82) is 0 Å². The predicted molar refractivity (Wildman–Crippen MR) is 137 cm³/mol. The molecule has 0 aromatic heterocycles. The number of carbonyl (C=O) groups is 2. The molecule has 0 radical (unpaired) electrons. The minimum Gasteiger partial charge on any atom is -0.550 e. The van der Waals surface area contributed by atoms with E-state index in [1.54, 1.807) is 0 Å². The van der Waals surface area contributed by atoms with E-state index in [0.717, 1.165) is 52.9 Å². The molecule has 0 fully saturated rings. The fraction of sp³-hybridized carbons (Fsp3) is 0.143. The Labute approximate surface area is 302 Å². The van der Waals surface area contributed by atoms with Crippen LogP contribution < -0.4 is 113 Å². The standard InChI is InChI=1S/C28H22O4S2.2K/c29-25(30)9-11-33-27-21-13-17-5-1-2-6-18(17)14-22(21)28(34-12-10-26(31)32)24-16-20-8-4-3-7-19(20)15-23(24)27;;/h1-8,13-16H,9-12H2,(H,29,30)(H,31,32);;/q;2*+1/p-2. The summed E-state index contributed by atoms with van der Waals surface area (Å²) in [7, 11) is 0. The number of benzene rings is 5. The van der Waals surface area contributed by atoms with Crippen LogP contribution in [0.15, 0.2) is 82.6 Å². The zero-order chi connectivity index (χ0) is 23.7. The largest absolute Gasteiger partial charge is 1.00 e. The van der Waals surface area contributed by atoms with Crippen molar-refractivity contribution >= 4 is 78.6 Å². The van der Waals surface area contributed by atoms with Crippen LogP contribution in [0.2, 0.25) is 0 Å². The number of hydrogen-bond donors (Lipinski definition) is 0. The number of carbonyl (C=O) groups excluding carboxylic acids is 2. The SMILES string of the molecule is O=C([O-])CCSc1c2cc3ccccc3cc2c(SCCC(=O)[O-])c2cc3ccccc3cc12.[K+].[K+]. The van der Waals surface area contributed by atoms with Crippen molar-refractivity contribution in [3.8, 4) is 0 Å². The maximum absolute atomic E-state index is 11.1. The molecule has 0 aliphatic heterocycles. The molecule has 4 nitrogen and oxygen atoms in total. The Kier molecular flexibility index (Phi) is 11.8. The Hall–Kier alpha value is 0.0527. The second-order valence-corrected chi connectivity index (χ2v) is 10.3. The average Bonchev–Trinajstić information content (AvgIpc) is 2.82. The Balaban J connectivity index is 0.00000180. The molecule has 0 bridgehead atoms. The van der Waals surface area contributed by atoms with Crippen LogP contribution in [0.1, 0.15) is 12.8 Å². The van der Waals surface area contributed by atoms with Crippen LogP contribution >= 0.6 is 23.5 Å². The third kappa shape index (κ3) is 6.78. The summed E-state index contributed by atoms with van der Waals surface area (Å²) in [5.41, 5.74) is 0. The van der Waals surface area contributed by atoms with E-state index in [9.17, 15) is 19.8 Å². The van der Waals surface area contributed by atoms with E-state index in [1.807, 2.05) is 24.3 Å². The molecular weight excluding hydrogens is 543 g/mol. The van der Waals surface area contributed by atoms with Crippen molar-refractivity contribution in [2.24, 2.45) is 0 Å². The Bertz CT molecular complexity index is 1370. The summed E-state index contributed by atoms with van der Waals surface area (Å²) in [5.74, 6) is -1.31. The van der Waals surface area contributed by atoms with Gasteiger partial charge in [-0.3, -0.25) is 0 Å². The zero-order valence-corrected chi connectivity index (χ0v) is 28.1. The topological polar surface area (TPSA) is 80.3 Å². The van der Waals surface area contributed by atoms with Crippen molar-refractivity contribution in [2.75, 3.05) is 11.5 Å². The van der Waals surface area contributed by atoms with E-state index < -0.39 is 11.9 Å².